The minimum Gasteiger partial charge on any atom is -0.483 e. The van der Waals surface area contributed by atoms with Gasteiger partial charge < -0.3 is 15.8 Å². The molecule has 1 aliphatic carbocycles. The maximum atomic E-state index is 12.4. The fourth-order valence-electron chi connectivity index (χ4n) is 2.93. The number of para-hydroxylation sites is 1. The van der Waals surface area contributed by atoms with E-state index in [2.05, 4.69) is 17.4 Å². The Hall–Kier alpha value is -2.82. The molecule has 1 saturated carbocycles. The first-order chi connectivity index (χ1) is 11.6. The van der Waals surface area contributed by atoms with Gasteiger partial charge in [-0.2, -0.15) is 0 Å². The highest BCUT2D eigenvalue weighted by Crippen LogP contribution is 2.36. The van der Waals surface area contributed by atoms with Crippen LogP contribution in [0.2, 0.25) is 0 Å². The number of hydrogen-bond acceptors (Lipinski definition) is 3. The number of ether oxygens (including phenoxy) is 1. The van der Waals surface area contributed by atoms with Crippen LogP contribution in [-0.2, 0) is 4.79 Å². The molecule has 2 aromatic rings. The third-order valence-electron chi connectivity index (χ3n) is 4.25. The molecule has 0 atom stereocenters. The van der Waals surface area contributed by atoms with Gasteiger partial charge in [0.1, 0.15) is 5.75 Å². The van der Waals surface area contributed by atoms with Crippen LogP contribution < -0.4 is 15.8 Å². The molecule has 0 unspecified atom stereocenters. The summed E-state index contributed by atoms with van der Waals surface area (Å²) < 4.78 is 5.31. The van der Waals surface area contributed by atoms with E-state index in [0.717, 1.165) is 12.8 Å². The normalized spacial score (nSPS) is 19.2. The number of amides is 2. The van der Waals surface area contributed by atoms with Crippen LogP contribution in [0.3, 0.4) is 0 Å². The number of hydrogen-bond donors (Lipinski definition) is 2. The molecular formula is C19H20N2O3. The average Bonchev–Trinajstić information content (AvgIpc) is 2.56. The summed E-state index contributed by atoms with van der Waals surface area (Å²) in [6, 6.07) is 17.3. The fourth-order valence-corrected chi connectivity index (χ4v) is 2.93. The van der Waals surface area contributed by atoms with E-state index in [4.69, 9.17) is 10.5 Å². The molecule has 0 heterocycles. The van der Waals surface area contributed by atoms with Crippen molar-refractivity contribution < 1.29 is 14.3 Å². The molecule has 0 bridgehead atoms. The number of carbonyl (C=O) groups is 2. The summed E-state index contributed by atoms with van der Waals surface area (Å²) in [4.78, 5) is 23.3. The number of nitrogens with two attached hydrogens (primary N) is 1. The standard InChI is InChI=1S/C19H20N2O3/c20-18(22)12-24-17-9-5-4-8-16(17)19(23)21-15-10-14(11-15)13-6-2-1-3-7-13/h1-9,14-15H,10-12H2,(H2,20,22)(H,21,23). The van der Waals surface area contributed by atoms with E-state index in [9.17, 15) is 9.59 Å². The highest BCUT2D eigenvalue weighted by molar-refractivity contribution is 5.97. The van der Waals surface area contributed by atoms with Crippen molar-refractivity contribution in [1.82, 2.24) is 5.32 Å². The van der Waals surface area contributed by atoms with Crippen molar-refractivity contribution in [1.29, 1.82) is 0 Å². The van der Waals surface area contributed by atoms with Gasteiger partial charge in [-0.25, -0.2) is 0 Å². The molecule has 3 N–H and O–H groups in total. The zero-order valence-electron chi connectivity index (χ0n) is 13.3. The van der Waals surface area contributed by atoms with Crippen molar-refractivity contribution in [3.05, 3.63) is 65.7 Å². The Kier molecular flexibility index (Phi) is 4.79. The summed E-state index contributed by atoms with van der Waals surface area (Å²) in [5.74, 6) is 0.104. The predicted octanol–water partition coefficient (Wildman–Crippen LogP) is 2.23. The maximum Gasteiger partial charge on any atom is 0.255 e. The molecular weight excluding hydrogens is 304 g/mol. The number of primary amides is 1. The quantitative estimate of drug-likeness (QED) is 0.855. The molecule has 5 heteroatoms. The predicted molar refractivity (Wildman–Crippen MR) is 90.8 cm³/mol. The first-order valence-electron chi connectivity index (χ1n) is 7.99. The van der Waals surface area contributed by atoms with Gasteiger partial charge in [0.25, 0.3) is 11.8 Å². The summed E-state index contributed by atoms with van der Waals surface area (Å²) >= 11 is 0. The minimum atomic E-state index is -0.574. The fraction of sp³-hybridized carbons (Fsp3) is 0.263. The SMILES string of the molecule is NC(=O)COc1ccccc1C(=O)NC1CC(c2ccccc2)C1. The number of rotatable bonds is 6. The zero-order chi connectivity index (χ0) is 16.9. The molecule has 0 radical (unpaired) electrons. The van der Waals surface area contributed by atoms with Gasteiger partial charge in [-0.05, 0) is 36.5 Å². The van der Waals surface area contributed by atoms with E-state index in [1.54, 1.807) is 24.3 Å². The number of nitrogens with one attached hydrogen (secondary N) is 1. The van der Waals surface area contributed by atoms with Crippen LogP contribution in [0.5, 0.6) is 5.75 Å². The maximum absolute atomic E-state index is 12.4. The summed E-state index contributed by atoms with van der Waals surface area (Å²) in [5, 5.41) is 3.03. The first kappa shape index (κ1) is 16.1. The topological polar surface area (TPSA) is 81.4 Å². The van der Waals surface area contributed by atoms with Crippen LogP contribution in [0, 0.1) is 0 Å². The lowest BCUT2D eigenvalue weighted by atomic mass is 9.76. The third kappa shape index (κ3) is 3.74. The number of benzene rings is 2. The van der Waals surface area contributed by atoms with Crippen molar-refractivity contribution in [3.63, 3.8) is 0 Å². The number of carbonyl (C=O) groups excluding carboxylic acids is 2. The van der Waals surface area contributed by atoms with Gasteiger partial charge in [0, 0.05) is 6.04 Å². The summed E-state index contributed by atoms with van der Waals surface area (Å²) in [6.07, 6.45) is 1.86. The van der Waals surface area contributed by atoms with E-state index >= 15 is 0 Å². The Morgan fingerprint density at radius 1 is 1.04 bits per heavy atom. The van der Waals surface area contributed by atoms with Gasteiger partial charge in [0.2, 0.25) is 0 Å². The van der Waals surface area contributed by atoms with E-state index in [1.165, 1.54) is 5.56 Å². The van der Waals surface area contributed by atoms with Crippen molar-refractivity contribution in [2.75, 3.05) is 6.61 Å². The Labute approximate surface area is 140 Å². The van der Waals surface area contributed by atoms with Gasteiger partial charge in [-0.15, -0.1) is 0 Å². The molecule has 124 valence electrons. The van der Waals surface area contributed by atoms with Crippen molar-refractivity contribution in [2.24, 2.45) is 5.73 Å². The Balaban J connectivity index is 1.58. The lowest BCUT2D eigenvalue weighted by Gasteiger charge is -2.36. The summed E-state index contributed by atoms with van der Waals surface area (Å²) in [7, 11) is 0. The second-order valence-corrected chi connectivity index (χ2v) is 6.00. The molecule has 24 heavy (non-hydrogen) atoms. The largest absolute Gasteiger partial charge is 0.483 e. The molecule has 2 amide bonds. The van der Waals surface area contributed by atoms with Crippen molar-refractivity contribution in [3.8, 4) is 5.75 Å². The molecule has 5 nitrogen and oxygen atoms in total. The summed E-state index contributed by atoms with van der Waals surface area (Å²) in [5.41, 5.74) is 6.82. The van der Waals surface area contributed by atoms with E-state index in [-0.39, 0.29) is 18.6 Å². The highest BCUT2D eigenvalue weighted by atomic mass is 16.5. The summed E-state index contributed by atoms with van der Waals surface area (Å²) in [6.45, 7) is -0.246. The van der Waals surface area contributed by atoms with Crippen LogP contribution in [0.15, 0.2) is 54.6 Å². The molecule has 2 aromatic carbocycles. The van der Waals surface area contributed by atoms with Gasteiger partial charge in [0.05, 0.1) is 5.56 Å². The second-order valence-electron chi connectivity index (χ2n) is 6.00. The van der Waals surface area contributed by atoms with Crippen molar-refractivity contribution >= 4 is 11.8 Å². The van der Waals surface area contributed by atoms with Crippen molar-refractivity contribution in [2.45, 2.75) is 24.8 Å². The van der Waals surface area contributed by atoms with E-state index in [1.807, 2.05) is 18.2 Å². The first-order valence-corrected chi connectivity index (χ1v) is 7.99. The lowest BCUT2D eigenvalue weighted by molar-refractivity contribution is -0.119. The molecule has 1 aliphatic rings. The van der Waals surface area contributed by atoms with Crippen LogP contribution >= 0.6 is 0 Å². The third-order valence-corrected chi connectivity index (χ3v) is 4.25. The van der Waals surface area contributed by atoms with E-state index in [0.29, 0.717) is 17.2 Å². The molecule has 0 saturated heterocycles. The van der Waals surface area contributed by atoms with Crippen LogP contribution in [0.4, 0.5) is 0 Å². The van der Waals surface area contributed by atoms with Gasteiger partial charge in [0.15, 0.2) is 6.61 Å². The van der Waals surface area contributed by atoms with Crippen LogP contribution in [0.25, 0.3) is 0 Å². The van der Waals surface area contributed by atoms with Gasteiger partial charge in [-0.3, -0.25) is 9.59 Å². The smallest absolute Gasteiger partial charge is 0.255 e. The highest BCUT2D eigenvalue weighted by Gasteiger charge is 2.31. The van der Waals surface area contributed by atoms with Gasteiger partial charge in [-0.1, -0.05) is 42.5 Å². The molecule has 0 aromatic heterocycles. The van der Waals surface area contributed by atoms with Crippen LogP contribution in [0.1, 0.15) is 34.7 Å². The van der Waals surface area contributed by atoms with Gasteiger partial charge >= 0.3 is 0 Å². The average molecular weight is 324 g/mol. The Morgan fingerprint density at radius 2 is 1.71 bits per heavy atom. The Bertz CT molecular complexity index is 724. The molecule has 0 aliphatic heterocycles. The molecule has 3 rings (SSSR count). The second kappa shape index (κ2) is 7.17. The molecule has 1 fully saturated rings. The van der Waals surface area contributed by atoms with E-state index < -0.39 is 5.91 Å². The zero-order valence-corrected chi connectivity index (χ0v) is 13.3. The molecule has 0 spiro atoms. The Morgan fingerprint density at radius 3 is 2.42 bits per heavy atom. The monoisotopic (exact) mass is 324 g/mol. The minimum absolute atomic E-state index is 0.159. The lowest BCUT2D eigenvalue weighted by Crippen LogP contribution is -2.43. The van der Waals surface area contributed by atoms with Crippen LogP contribution in [-0.4, -0.2) is 24.5 Å².